The van der Waals surface area contributed by atoms with Crippen molar-refractivity contribution in [2.75, 3.05) is 19.0 Å². The summed E-state index contributed by atoms with van der Waals surface area (Å²) >= 11 is 0. The molecule has 0 aliphatic carbocycles. The Hall–Kier alpha value is -3.09. The summed E-state index contributed by atoms with van der Waals surface area (Å²) in [7, 11) is 1.58. The molecule has 2 aromatic carbocycles. The van der Waals surface area contributed by atoms with Crippen LogP contribution in [0.3, 0.4) is 0 Å². The van der Waals surface area contributed by atoms with E-state index in [0.29, 0.717) is 12.2 Å². The second-order valence-corrected chi connectivity index (χ2v) is 5.71. The first-order chi connectivity index (χ1) is 12.1. The molecule has 1 fully saturated rings. The summed E-state index contributed by atoms with van der Waals surface area (Å²) in [5.41, 5.74) is 1.37. The van der Waals surface area contributed by atoms with Gasteiger partial charge in [-0.05, 0) is 42.0 Å². The second kappa shape index (κ2) is 7.21. The van der Waals surface area contributed by atoms with Crippen LogP contribution in [-0.2, 0) is 4.79 Å². The molecule has 1 heterocycles. The van der Waals surface area contributed by atoms with Gasteiger partial charge in [-0.15, -0.1) is 0 Å². The molecule has 0 unspecified atom stereocenters. The van der Waals surface area contributed by atoms with Gasteiger partial charge in [0.15, 0.2) is 0 Å². The molecule has 2 aromatic rings. The third-order valence-electron chi connectivity index (χ3n) is 4.11. The maximum atomic E-state index is 12.9. The van der Waals surface area contributed by atoms with Gasteiger partial charge in [0.05, 0.1) is 7.11 Å². The van der Waals surface area contributed by atoms with Crippen molar-refractivity contribution in [3.63, 3.8) is 0 Å². The second-order valence-electron chi connectivity index (χ2n) is 5.71. The van der Waals surface area contributed by atoms with E-state index in [9.17, 15) is 14.0 Å². The highest BCUT2D eigenvalue weighted by Crippen LogP contribution is 2.25. The highest BCUT2D eigenvalue weighted by Gasteiger charge is 2.36. The molecule has 2 atom stereocenters. The molecule has 7 heteroatoms. The lowest BCUT2D eigenvalue weighted by molar-refractivity contribution is -0.120. The molecule has 1 aliphatic rings. The highest BCUT2D eigenvalue weighted by molar-refractivity contribution is 5.95. The topological polar surface area (TPSA) is 79.5 Å². The zero-order valence-corrected chi connectivity index (χ0v) is 13.6. The Morgan fingerprint density at radius 2 is 1.84 bits per heavy atom. The van der Waals surface area contributed by atoms with Gasteiger partial charge in [0.1, 0.15) is 17.6 Å². The molecule has 0 bridgehead atoms. The minimum absolute atomic E-state index is 0.183. The fourth-order valence-electron chi connectivity index (χ4n) is 2.79. The van der Waals surface area contributed by atoms with Crippen LogP contribution >= 0.6 is 0 Å². The lowest BCUT2D eigenvalue weighted by atomic mass is 9.94. The van der Waals surface area contributed by atoms with Crippen LogP contribution < -0.4 is 20.7 Å². The lowest BCUT2D eigenvalue weighted by Crippen LogP contribution is -2.44. The molecule has 6 nitrogen and oxygen atoms in total. The van der Waals surface area contributed by atoms with E-state index in [1.165, 1.54) is 24.3 Å². The minimum Gasteiger partial charge on any atom is -0.497 e. The van der Waals surface area contributed by atoms with Crippen molar-refractivity contribution in [1.82, 2.24) is 10.6 Å². The van der Waals surface area contributed by atoms with E-state index in [0.717, 1.165) is 11.3 Å². The molecule has 130 valence electrons. The van der Waals surface area contributed by atoms with Gasteiger partial charge in [-0.1, -0.05) is 12.1 Å². The smallest absolute Gasteiger partial charge is 0.319 e. The minimum atomic E-state index is -0.686. The number of amides is 3. The van der Waals surface area contributed by atoms with Crippen LogP contribution in [0.5, 0.6) is 5.75 Å². The first kappa shape index (κ1) is 16.8. The zero-order chi connectivity index (χ0) is 17.8. The van der Waals surface area contributed by atoms with E-state index in [1.54, 1.807) is 7.11 Å². The average molecular weight is 343 g/mol. The van der Waals surface area contributed by atoms with Crippen LogP contribution in [-0.4, -0.2) is 31.6 Å². The Balaban J connectivity index is 1.68. The van der Waals surface area contributed by atoms with Crippen LogP contribution in [0.2, 0.25) is 0 Å². The number of carbonyl (C=O) groups is 2. The molecule has 3 amide bonds. The van der Waals surface area contributed by atoms with Crippen LogP contribution in [0.15, 0.2) is 48.5 Å². The summed E-state index contributed by atoms with van der Waals surface area (Å²) in [6, 6.07) is 11.6. The number of hydrogen-bond donors (Lipinski definition) is 3. The molecule has 0 saturated carbocycles. The van der Waals surface area contributed by atoms with Crippen LogP contribution in [0.25, 0.3) is 0 Å². The Labute approximate surface area is 144 Å². The molecule has 0 spiro atoms. The third-order valence-corrected chi connectivity index (χ3v) is 4.11. The maximum absolute atomic E-state index is 12.9. The number of nitrogens with one attached hydrogen (secondary N) is 3. The van der Waals surface area contributed by atoms with Gasteiger partial charge in [-0.3, -0.25) is 4.79 Å². The van der Waals surface area contributed by atoms with Gasteiger partial charge >= 0.3 is 6.03 Å². The largest absolute Gasteiger partial charge is 0.497 e. The van der Waals surface area contributed by atoms with Crippen molar-refractivity contribution >= 4 is 17.6 Å². The van der Waals surface area contributed by atoms with Gasteiger partial charge in [-0.2, -0.15) is 0 Å². The Bertz CT molecular complexity index is 762. The van der Waals surface area contributed by atoms with Gasteiger partial charge in [0.25, 0.3) is 0 Å². The molecule has 1 saturated heterocycles. The highest BCUT2D eigenvalue weighted by atomic mass is 19.1. The van der Waals surface area contributed by atoms with Crippen molar-refractivity contribution in [3.05, 3.63) is 59.9 Å². The summed E-state index contributed by atoms with van der Waals surface area (Å²) in [6.07, 6.45) is 0. The number of halogens is 1. The molecular formula is C18H18FN3O3. The first-order valence-corrected chi connectivity index (χ1v) is 7.81. The normalized spacial score (nSPS) is 19.2. The van der Waals surface area contributed by atoms with E-state index in [4.69, 9.17) is 4.74 Å². The van der Waals surface area contributed by atoms with Crippen molar-refractivity contribution in [2.45, 2.75) is 12.0 Å². The van der Waals surface area contributed by atoms with E-state index >= 15 is 0 Å². The van der Waals surface area contributed by atoms with Crippen LogP contribution in [0.1, 0.15) is 11.5 Å². The standard InChI is InChI=1S/C18H18FN3O3/c1-25-14-8-2-11(3-9-14)15-10-20-17(23)16(15)22-18(24)21-13-6-4-12(19)5-7-13/h2-9,15-16H,10H2,1H3,(H,20,23)(H2,21,22,24)/t15-,16+/m0/s1. The number of hydrogen-bond acceptors (Lipinski definition) is 3. The Morgan fingerprint density at radius 3 is 2.48 bits per heavy atom. The lowest BCUT2D eigenvalue weighted by Gasteiger charge is -2.19. The first-order valence-electron chi connectivity index (χ1n) is 7.81. The number of urea groups is 1. The zero-order valence-electron chi connectivity index (χ0n) is 13.6. The molecule has 3 N–H and O–H groups in total. The Kier molecular flexibility index (Phi) is 4.83. The fourth-order valence-corrected chi connectivity index (χ4v) is 2.79. The van der Waals surface area contributed by atoms with E-state index in [2.05, 4.69) is 16.0 Å². The predicted molar refractivity (Wildman–Crippen MR) is 91.1 cm³/mol. The van der Waals surface area contributed by atoms with Crippen molar-refractivity contribution in [2.24, 2.45) is 0 Å². The summed E-state index contributed by atoms with van der Waals surface area (Å²) in [5.74, 6) is -0.0901. The molecule has 25 heavy (non-hydrogen) atoms. The number of carbonyl (C=O) groups excluding carboxylic acids is 2. The number of anilines is 1. The summed E-state index contributed by atoms with van der Waals surface area (Å²) < 4.78 is 18.0. The van der Waals surface area contributed by atoms with Gasteiger partial charge < -0.3 is 20.7 Å². The SMILES string of the molecule is COc1ccc([C@@H]2CNC(=O)[C@@H]2NC(=O)Nc2ccc(F)cc2)cc1. The number of rotatable bonds is 4. The predicted octanol–water partition coefficient (Wildman–Crippen LogP) is 2.24. The molecule has 1 aliphatic heterocycles. The maximum Gasteiger partial charge on any atom is 0.319 e. The number of ether oxygens (including phenoxy) is 1. The summed E-state index contributed by atoms with van der Waals surface area (Å²) in [4.78, 5) is 24.2. The van der Waals surface area contributed by atoms with E-state index in [-0.39, 0.29) is 17.6 Å². The molecule has 0 radical (unpaired) electrons. The molecule has 3 rings (SSSR count). The monoisotopic (exact) mass is 343 g/mol. The number of benzene rings is 2. The quantitative estimate of drug-likeness (QED) is 0.796. The summed E-state index contributed by atoms with van der Waals surface area (Å²) in [6.45, 7) is 0.437. The van der Waals surface area contributed by atoms with E-state index in [1.807, 2.05) is 24.3 Å². The van der Waals surface area contributed by atoms with Crippen molar-refractivity contribution in [1.29, 1.82) is 0 Å². The molecular weight excluding hydrogens is 325 g/mol. The van der Waals surface area contributed by atoms with E-state index < -0.39 is 12.1 Å². The van der Waals surface area contributed by atoms with Crippen molar-refractivity contribution < 1.29 is 18.7 Å². The summed E-state index contributed by atoms with van der Waals surface area (Å²) in [5, 5.41) is 8.03. The molecule has 0 aromatic heterocycles. The fraction of sp³-hybridized carbons (Fsp3) is 0.222. The van der Waals surface area contributed by atoms with Crippen molar-refractivity contribution in [3.8, 4) is 5.75 Å². The third kappa shape index (κ3) is 3.88. The Morgan fingerprint density at radius 1 is 1.16 bits per heavy atom. The van der Waals surface area contributed by atoms with Gasteiger partial charge in [-0.25, -0.2) is 9.18 Å². The van der Waals surface area contributed by atoms with Crippen LogP contribution in [0.4, 0.5) is 14.9 Å². The van der Waals surface area contributed by atoms with Gasteiger partial charge in [0, 0.05) is 18.2 Å². The number of methoxy groups -OCH3 is 1. The van der Waals surface area contributed by atoms with Gasteiger partial charge in [0.2, 0.25) is 5.91 Å². The van der Waals surface area contributed by atoms with Crippen LogP contribution in [0, 0.1) is 5.82 Å². The average Bonchev–Trinajstić information content (AvgIpc) is 2.98.